The van der Waals surface area contributed by atoms with Crippen molar-refractivity contribution >= 4 is 6.08 Å². The molecule has 1 aromatic rings. The minimum atomic E-state index is -0.418. The summed E-state index contributed by atoms with van der Waals surface area (Å²) in [5.41, 5.74) is 0.735. The second kappa shape index (κ2) is 5.15. The molecule has 0 aromatic heterocycles. The maximum Gasteiger partial charge on any atom is 0.131 e. The van der Waals surface area contributed by atoms with Crippen molar-refractivity contribution in [3.05, 3.63) is 41.2 Å². The second-order valence-corrected chi connectivity index (χ2v) is 2.76. The normalized spacial score (nSPS) is 10.4. The predicted molar refractivity (Wildman–Crippen MR) is 51.9 cm³/mol. The molecule has 1 rings (SSSR count). The van der Waals surface area contributed by atoms with E-state index in [1.807, 2.05) is 6.07 Å². The van der Waals surface area contributed by atoms with Gasteiger partial charge in [-0.05, 0) is 18.6 Å². The Hall–Kier alpha value is -1.66. The summed E-state index contributed by atoms with van der Waals surface area (Å²) >= 11 is 0. The van der Waals surface area contributed by atoms with Gasteiger partial charge in [-0.15, -0.1) is 0 Å². The van der Waals surface area contributed by atoms with Crippen molar-refractivity contribution in [2.24, 2.45) is 0 Å². The van der Waals surface area contributed by atoms with Gasteiger partial charge in [-0.2, -0.15) is 5.26 Å². The monoisotopic (exact) mass is 191 g/mol. The summed E-state index contributed by atoms with van der Waals surface area (Å²) in [7, 11) is 0. The fourth-order valence-electron chi connectivity index (χ4n) is 1.02. The highest BCUT2D eigenvalue weighted by Gasteiger charge is 1.99. The van der Waals surface area contributed by atoms with Gasteiger partial charge in [0.2, 0.25) is 0 Å². The Labute approximate surface area is 81.9 Å². The molecule has 1 aromatic carbocycles. The summed E-state index contributed by atoms with van der Waals surface area (Å²) in [6, 6.07) is 6.15. The van der Waals surface area contributed by atoms with Crippen LogP contribution in [0.3, 0.4) is 0 Å². The van der Waals surface area contributed by atoms with Gasteiger partial charge in [0.05, 0.1) is 11.6 Å². The molecule has 2 nitrogen and oxygen atoms in total. The van der Waals surface area contributed by atoms with Crippen LogP contribution in [0.15, 0.2) is 24.3 Å². The number of halogens is 1. The number of aliphatic hydroxyl groups is 1. The van der Waals surface area contributed by atoms with Crippen LogP contribution in [-0.4, -0.2) is 11.7 Å². The van der Waals surface area contributed by atoms with Gasteiger partial charge in [0, 0.05) is 12.2 Å². The smallest absolute Gasteiger partial charge is 0.131 e. The molecule has 0 radical (unpaired) electrons. The molecule has 0 amide bonds. The van der Waals surface area contributed by atoms with E-state index in [1.54, 1.807) is 24.3 Å². The topological polar surface area (TPSA) is 44.0 Å². The van der Waals surface area contributed by atoms with E-state index < -0.39 is 5.82 Å². The van der Waals surface area contributed by atoms with Crippen LogP contribution in [0.4, 0.5) is 4.39 Å². The molecule has 3 heteroatoms. The van der Waals surface area contributed by atoms with Gasteiger partial charge < -0.3 is 5.11 Å². The molecule has 14 heavy (non-hydrogen) atoms. The quantitative estimate of drug-likeness (QED) is 0.795. The molecule has 0 saturated carbocycles. The van der Waals surface area contributed by atoms with Crippen molar-refractivity contribution in [2.45, 2.75) is 6.42 Å². The summed E-state index contributed by atoms with van der Waals surface area (Å²) in [5.74, 6) is -0.418. The van der Waals surface area contributed by atoms with Crippen molar-refractivity contribution in [2.75, 3.05) is 6.61 Å². The molecule has 0 fully saturated rings. The lowest BCUT2D eigenvalue weighted by molar-refractivity contribution is 0.303. The van der Waals surface area contributed by atoms with Crippen LogP contribution in [0, 0.1) is 17.1 Å². The summed E-state index contributed by atoms with van der Waals surface area (Å²) in [6.07, 6.45) is 3.77. The van der Waals surface area contributed by atoms with Gasteiger partial charge in [-0.25, -0.2) is 4.39 Å². The first-order valence-electron chi connectivity index (χ1n) is 4.25. The van der Waals surface area contributed by atoms with E-state index >= 15 is 0 Å². The van der Waals surface area contributed by atoms with E-state index in [4.69, 9.17) is 10.4 Å². The summed E-state index contributed by atoms with van der Waals surface area (Å²) in [5, 5.41) is 17.0. The number of hydrogen-bond acceptors (Lipinski definition) is 2. The molecular formula is C11H10FNO. The number of benzene rings is 1. The molecule has 0 aliphatic carbocycles. The molecular weight excluding hydrogens is 181 g/mol. The van der Waals surface area contributed by atoms with Crippen LogP contribution < -0.4 is 0 Å². The average Bonchev–Trinajstić information content (AvgIpc) is 2.20. The van der Waals surface area contributed by atoms with Gasteiger partial charge >= 0.3 is 0 Å². The highest BCUT2D eigenvalue weighted by Crippen LogP contribution is 2.11. The van der Waals surface area contributed by atoms with Gasteiger partial charge in [0.1, 0.15) is 5.82 Å². The van der Waals surface area contributed by atoms with E-state index in [0.717, 1.165) is 0 Å². The maximum absolute atomic E-state index is 13.2. The lowest BCUT2D eigenvalue weighted by atomic mass is 10.1. The van der Waals surface area contributed by atoms with E-state index in [2.05, 4.69) is 0 Å². The van der Waals surface area contributed by atoms with Crippen molar-refractivity contribution in [1.82, 2.24) is 0 Å². The molecule has 0 aliphatic heterocycles. The predicted octanol–water partition coefficient (Wildman–Crippen LogP) is 2.09. The fourth-order valence-corrected chi connectivity index (χ4v) is 1.02. The third-order valence-corrected chi connectivity index (χ3v) is 1.72. The first-order valence-corrected chi connectivity index (χ1v) is 4.25. The van der Waals surface area contributed by atoms with Crippen LogP contribution in [0.2, 0.25) is 0 Å². The molecule has 1 N–H and O–H groups in total. The molecule has 0 unspecified atom stereocenters. The van der Waals surface area contributed by atoms with E-state index in [1.165, 1.54) is 6.07 Å². The van der Waals surface area contributed by atoms with E-state index in [9.17, 15) is 4.39 Å². The Morgan fingerprint density at radius 2 is 2.29 bits per heavy atom. The SMILES string of the molecule is N#Cc1ccc(C=CCCO)c(F)c1. The van der Waals surface area contributed by atoms with Crippen LogP contribution in [0.1, 0.15) is 17.5 Å². The van der Waals surface area contributed by atoms with Crippen molar-refractivity contribution in [1.29, 1.82) is 5.26 Å². The Bertz CT molecular complexity index is 379. The van der Waals surface area contributed by atoms with Crippen LogP contribution in [0.25, 0.3) is 6.08 Å². The number of nitrogens with zero attached hydrogens (tertiary/aromatic N) is 1. The average molecular weight is 191 g/mol. The molecule has 0 heterocycles. The zero-order chi connectivity index (χ0) is 10.4. The van der Waals surface area contributed by atoms with Crippen molar-refractivity contribution in [3.8, 4) is 6.07 Å². The zero-order valence-corrected chi connectivity index (χ0v) is 7.57. The van der Waals surface area contributed by atoms with E-state index in [0.29, 0.717) is 17.5 Å². The maximum atomic E-state index is 13.2. The summed E-state index contributed by atoms with van der Waals surface area (Å²) in [4.78, 5) is 0. The zero-order valence-electron chi connectivity index (χ0n) is 7.57. The Kier molecular flexibility index (Phi) is 3.84. The molecule has 72 valence electrons. The molecule has 0 saturated heterocycles. The van der Waals surface area contributed by atoms with E-state index in [-0.39, 0.29) is 6.61 Å². The lowest BCUT2D eigenvalue weighted by Gasteiger charge is -1.96. The Balaban J connectivity index is 2.85. The van der Waals surface area contributed by atoms with Crippen molar-refractivity contribution in [3.63, 3.8) is 0 Å². The summed E-state index contributed by atoms with van der Waals surface area (Å²) in [6.45, 7) is 0.0500. The van der Waals surface area contributed by atoms with Gasteiger partial charge in [0.15, 0.2) is 0 Å². The third-order valence-electron chi connectivity index (χ3n) is 1.72. The van der Waals surface area contributed by atoms with Gasteiger partial charge in [-0.1, -0.05) is 18.2 Å². The van der Waals surface area contributed by atoms with Gasteiger partial charge in [0.25, 0.3) is 0 Å². The largest absolute Gasteiger partial charge is 0.396 e. The standard InChI is InChI=1S/C11H10FNO/c12-11-7-9(8-13)4-5-10(11)3-1-2-6-14/h1,3-5,7,14H,2,6H2. The minimum absolute atomic E-state index is 0.0500. The molecule has 0 atom stereocenters. The minimum Gasteiger partial charge on any atom is -0.396 e. The van der Waals surface area contributed by atoms with Crippen molar-refractivity contribution < 1.29 is 9.50 Å². The highest BCUT2D eigenvalue weighted by atomic mass is 19.1. The Morgan fingerprint density at radius 3 is 2.86 bits per heavy atom. The van der Waals surface area contributed by atoms with Gasteiger partial charge in [-0.3, -0.25) is 0 Å². The number of aliphatic hydroxyl groups excluding tert-OH is 1. The molecule has 0 aliphatic rings. The Morgan fingerprint density at radius 1 is 1.50 bits per heavy atom. The second-order valence-electron chi connectivity index (χ2n) is 2.76. The molecule has 0 spiro atoms. The summed E-state index contributed by atoms with van der Waals surface area (Å²) < 4.78 is 13.2. The highest BCUT2D eigenvalue weighted by molar-refractivity contribution is 5.51. The third kappa shape index (κ3) is 2.68. The number of rotatable bonds is 3. The van der Waals surface area contributed by atoms with Crippen LogP contribution >= 0.6 is 0 Å². The first-order chi connectivity index (χ1) is 6.77. The first kappa shape index (κ1) is 10.4. The fraction of sp³-hybridized carbons (Fsp3) is 0.182. The number of nitriles is 1. The van der Waals surface area contributed by atoms with Crippen LogP contribution in [0.5, 0.6) is 0 Å². The molecule has 0 bridgehead atoms. The lowest BCUT2D eigenvalue weighted by Crippen LogP contribution is -1.84. The number of hydrogen-bond donors (Lipinski definition) is 1. The van der Waals surface area contributed by atoms with Crippen LogP contribution in [-0.2, 0) is 0 Å².